The number of aliphatic hydroxyl groups excluding tert-OH is 2. The lowest BCUT2D eigenvalue weighted by Crippen LogP contribution is -2.39. The number of phosphoric ester groups is 1. The Morgan fingerprint density at radius 1 is 1.40 bits per heavy atom. The van der Waals surface area contributed by atoms with Crippen molar-refractivity contribution in [1.82, 2.24) is 9.55 Å². The number of aromatic amines is 1. The maximum Gasteiger partial charge on any atom is 0.469 e. The van der Waals surface area contributed by atoms with Crippen LogP contribution >= 0.6 is 7.82 Å². The largest absolute Gasteiger partial charge is 0.469 e. The van der Waals surface area contributed by atoms with Gasteiger partial charge in [-0.1, -0.05) is 0 Å². The third-order valence-corrected chi connectivity index (χ3v) is 3.69. The zero-order valence-electron chi connectivity index (χ0n) is 12.0. The highest BCUT2D eigenvalue weighted by Gasteiger charge is 2.46. The molecule has 0 amide bonds. The van der Waals surface area contributed by atoms with Gasteiger partial charge in [-0.2, -0.15) is 4.39 Å². The number of nitrogens with zero attached hydrogens (tertiary/aromatic N) is 4. The number of ether oxygens (including phenoxy) is 1. The molecule has 25 heavy (non-hydrogen) atoms. The number of hydrogen-bond donors (Lipinski definition) is 5. The van der Waals surface area contributed by atoms with Crippen molar-refractivity contribution in [1.29, 1.82) is 0 Å². The van der Waals surface area contributed by atoms with E-state index in [-0.39, 0.29) is 4.57 Å². The Morgan fingerprint density at radius 2 is 2.04 bits per heavy atom. The quantitative estimate of drug-likeness (QED) is 0.170. The minimum Gasteiger partial charge on any atom is -0.387 e. The summed E-state index contributed by atoms with van der Waals surface area (Å²) in [6.45, 7) is -0.879. The molecule has 0 aromatic carbocycles. The van der Waals surface area contributed by atoms with Crippen LogP contribution in [-0.2, 0) is 13.8 Å². The monoisotopic (exact) mass is 383 g/mol. The van der Waals surface area contributed by atoms with Gasteiger partial charge in [0, 0.05) is 4.91 Å². The average molecular weight is 383 g/mol. The Bertz CT molecular complexity index is 873. The van der Waals surface area contributed by atoms with Crippen molar-refractivity contribution in [2.75, 3.05) is 6.61 Å². The molecule has 1 aliphatic heterocycles. The first-order valence-corrected chi connectivity index (χ1v) is 7.91. The number of aliphatic hydroxyl groups is 2. The molecule has 1 aromatic heterocycles. The fourth-order valence-corrected chi connectivity index (χ4v) is 2.48. The van der Waals surface area contributed by atoms with E-state index in [0.29, 0.717) is 0 Å². The van der Waals surface area contributed by atoms with Crippen LogP contribution in [0.4, 0.5) is 10.2 Å². The molecule has 0 aliphatic carbocycles. The molecule has 0 saturated carbocycles. The molecule has 1 fully saturated rings. The van der Waals surface area contributed by atoms with Gasteiger partial charge in [0.1, 0.15) is 18.3 Å². The van der Waals surface area contributed by atoms with Gasteiger partial charge in [0.2, 0.25) is 5.82 Å². The molecule has 4 atom stereocenters. The average Bonchev–Trinajstić information content (AvgIpc) is 2.78. The number of rotatable bonds is 5. The van der Waals surface area contributed by atoms with Crippen LogP contribution < -0.4 is 11.2 Å². The van der Waals surface area contributed by atoms with Gasteiger partial charge in [0.05, 0.1) is 6.61 Å². The van der Waals surface area contributed by atoms with Gasteiger partial charge in [-0.05, 0) is 10.6 Å². The van der Waals surface area contributed by atoms with Gasteiger partial charge in [-0.15, -0.1) is 0 Å². The molecule has 0 radical (unpaired) electrons. The highest BCUT2D eigenvalue weighted by atomic mass is 31.2. The molecule has 2 heterocycles. The molecule has 0 spiro atoms. The second-order valence-electron chi connectivity index (χ2n) is 4.79. The van der Waals surface area contributed by atoms with E-state index in [1.54, 1.807) is 4.98 Å². The van der Waals surface area contributed by atoms with E-state index in [2.05, 4.69) is 14.5 Å². The van der Waals surface area contributed by atoms with Crippen molar-refractivity contribution >= 4 is 13.6 Å². The van der Waals surface area contributed by atoms with E-state index in [0.717, 1.165) is 0 Å². The normalized spacial score (nSPS) is 26.4. The van der Waals surface area contributed by atoms with Gasteiger partial charge < -0.3 is 24.7 Å². The van der Waals surface area contributed by atoms with E-state index in [9.17, 15) is 28.8 Å². The van der Waals surface area contributed by atoms with Crippen LogP contribution in [0.3, 0.4) is 0 Å². The summed E-state index contributed by atoms with van der Waals surface area (Å²) in [4.78, 5) is 44.2. The second kappa shape index (κ2) is 7.03. The highest BCUT2D eigenvalue weighted by Crippen LogP contribution is 2.38. The molecule has 138 valence electrons. The number of halogens is 1. The van der Waals surface area contributed by atoms with Crippen LogP contribution in [0.2, 0.25) is 0 Å². The first-order chi connectivity index (χ1) is 11.6. The Morgan fingerprint density at radius 3 is 2.60 bits per heavy atom. The molecule has 14 nitrogen and oxygen atoms in total. The van der Waals surface area contributed by atoms with Crippen molar-refractivity contribution in [2.24, 2.45) is 5.11 Å². The number of nitrogens with one attached hydrogen (secondary N) is 1. The lowest BCUT2D eigenvalue weighted by molar-refractivity contribution is -0.0537. The molecule has 1 saturated heterocycles. The maximum atomic E-state index is 13.8. The molecule has 2 rings (SSSR count). The number of phosphoric acid groups is 1. The van der Waals surface area contributed by atoms with E-state index >= 15 is 0 Å². The van der Waals surface area contributed by atoms with E-state index in [1.165, 1.54) is 0 Å². The van der Waals surface area contributed by atoms with Crippen molar-refractivity contribution in [3.05, 3.63) is 37.1 Å². The van der Waals surface area contributed by atoms with E-state index in [1.807, 2.05) is 0 Å². The van der Waals surface area contributed by atoms with Gasteiger partial charge in [0.25, 0.3) is 5.56 Å². The molecule has 5 N–H and O–H groups in total. The second-order valence-corrected chi connectivity index (χ2v) is 6.03. The number of azide groups is 1. The minimum absolute atomic E-state index is 0.252. The Labute approximate surface area is 135 Å². The smallest absolute Gasteiger partial charge is 0.387 e. The minimum atomic E-state index is -4.92. The van der Waals surface area contributed by atoms with Gasteiger partial charge in [0.15, 0.2) is 12.0 Å². The predicted molar refractivity (Wildman–Crippen MR) is 74.0 cm³/mol. The summed E-state index contributed by atoms with van der Waals surface area (Å²) in [7, 11) is -4.92. The summed E-state index contributed by atoms with van der Waals surface area (Å²) in [5.41, 5.74) is 5.64. The van der Waals surface area contributed by atoms with Crippen LogP contribution in [-0.4, -0.2) is 54.5 Å². The van der Waals surface area contributed by atoms with Gasteiger partial charge in [-0.3, -0.25) is 18.9 Å². The summed E-state index contributed by atoms with van der Waals surface area (Å²) in [5, 5.41) is 22.6. The third-order valence-electron chi connectivity index (χ3n) is 3.20. The lowest BCUT2D eigenvalue weighted by Gasteiger charge is -2.19. The maximum absolute atomic E-state index is 13.8. The highest BCUT2D eigenvalue weighted by molar-refractivity contribution is 7.46. The third kappa shape index (κ3) is 3.95. The Hall–Kier alpha value is -2.09. The van der Waals surface area contributed by atoms with E-state index < -0.39 is 61.9 Å². The fraction of sp³-hybridized carbons (Fsp3) is 0.556. The van der Waals surface area contributed by atoms with E-state index in [4.69, 9.17) is 20.1 Å². The topological polar surface area (TPSA) is 220 Å². The van der Waals surface area contributed by atoms with Crippen LogP contribution in [0.15, 0.2) is 14.7 Å². The van der Waals surface area contributed by atoms with Gasteiger partial charge in [-0.25, -0.2) is 9.36 Å². The number of H-pyrrole nitrogens is 1. The SMILES string of the molecule is [N-]=[N+]=Nc1c(F)c(=O)[nH]c(=O)n1C1OC(COP(=O)(O)O)C(O)C1O. The van der Waals surface area contributed by atoms with Crippen molar-refractivity contribution in [3.8, 4) is 0 Å². The predicted octanol–water partition coefficient (Wildman–Crippen LogP) is -1.65. The van der Waals surface area contributed by atoms with Gasteiger partial charge >= 0.3 is 13.5 Å². The van der Waals surface area contributed by atoms with Crippen LogP contribution in [0.5, 0.6) is 0 Å². The molecular formula is C9H11FN5O9P. The lowest BCUT2D eigenvalue weighted by atomic mass is 10.1. The summed E-state index contributed by atoms with van der Waals surface area (Å²) in [6.07, 6.45) is -7.05. The molecule has 1 aliphatic rings. The summed E-state index contributed by atoms with van der Waals surface area (Å²) in [6, 6.07) is 0. The molecular weight excluding hydrogens is 372 g/mol. The summed E-state index contributed by atoms with van der Waals surface area (Å²) in [5.74, 6) is -2.75. The molecule has 16 heteroatoms. The number of hydrogen-bond acceptors (Lipinski definition) is 8. The van der Waals surface area contributed by atoms with Crippen molar-refractivity contribution in [2.45, 2.75) is 24.5 Å². The van der Waals surface area contributed by atoms with Crippen LogP contribution in [0.25, 0.3) is 10.4 Å². The Kier molecular flexibility index (Phi) is 5.41. The van der Waals surface area contributed by atoms with Crippen LogP contribution in [0.1, 0.15) is 6.23 Å². The molecule has 0 bridgehead atoms. The summed E-state index contributed by atoms with van der Waals surface area (Å²) >= 11 is 0. The standard InChI is InChI=1S/C9H11FN5O9P/c10-3-6(13-14-11)15(9(19)12-7(3)18)8-5(17)4(16)2(24-8)1-23-25(20,21)22/h2,4-5,8,16-17H,1H2,(H,12,18,19)(H2,20,21,22). The fourth-order valence-electron chi connectivity index (χ4n) is 2.14. The van der Waals surface area contributed by atoms with Crippen molar-refractivity contribution in [3.63, 3.8) is 0 Å². The summed E-state index contributed by atoms with van der Waals surface area (Å²) < 4.78 is 33.9. The zero-order chi connectivity index (χ0) is 18.9. The number of aromatic nitrogens is 2. The first-order valence-electron chi connectivity index (χ1n) is 6.38. The molecule has 1 aromatic rings. The zero-order valence-corrected chi connectivity index (χ0v) is 12.9. The van der Waals surface area contributed by atoms with Crippen molar-refractivity contribution < 1.29 is 38.2 Å². The Balaban J connectivity index is 2.44. The van der Waals surface area contributed by atoms with Crippen LogP contribution in [0, 0.1) is 5.82 Å². The molecule has 4 unspecified atom stereocenters. The first kappa shape index (κ1) is 19.2.